The molecule has 2 aromatic rings. The number of nitrogens with two attached hydrogens (primary N) is 1. The summed E-state index contributed by atoms with van der Waals surface area (Å²) in [4.78, 5) is 16.2. The summed E-state index contributed by atoms with van der Waals surface area (Å²) >= 11 is 3.24. The van der Waals surface area contributed by atoms with E-state index >= 15 is 0 Å². The van der Waals surface area contributed by atoms with Gasteiger partial charge < -0.3 is 10.7 Å². The van der Waals surface area contributed by atoms with Gasteiger partial charge in [0.05, 0.1) is 16.9 Å². The van der Waals surface area contributed by atoms with E-state index < -0.39 is 11.7 Å². The van der Waals surface area contributed by atoms with Crippen molar-refractivity contribution in [1.82, 2.24) is 4.98 Å². The highest BCUT2D eigenvalue weighted by Crippen LogP contribution is 2.24. The number of carbonyl (C=O) groups excluding carboxylic acids is 1. The molecule has 0 unspecified atom stereocenters. The summed E-state index contributed by atoms with van der Waals surface area (Å²) < 4.78 is 13.8. The van der Waals surface area contributed by atoms with E-state index in [1.807, 2.05) is 0 Å². The largest absolute Gasteiger partial charge is 0.323 e. The van der Waals surface area contributed by atoms with Crippen LogP contribution < -0.4 is 16.6 Å². The first-order valence-corrected chi connectivity index (χ1v) is 6.50. The SMILES string of the molecule is Cc1cc(NN)c(C(=O)Nc2cc(F)ccc2Br)cn1. The van der Waals surface area contributed by atoms with Crippen molar-refractivity contribution in [2.45, 2.75) is 6.92 Å². The van der Waals surface area contributed by atoms with Crippen molar-refractivity contribution in [2.75, 3.05) is 10.7 Å². The molecule has 0 fully saturated rings. The lowest BCUT2D eigenvalue weighted by atomic mass is 10.2. The minimum Gasteiger partial charge on any atom is -0.323 e. The average molecular weight is 339 g/mol. The molecular weight excluding hydrogens is 327 g/mol. The van der Waals surface area contributed by atoms with Gasteiger partial charge in [-0.05, 0) is 47.1 Å². The number of halogens is 2. The number of hydrogen-bond donors (Lipinski definition) is 3. The zero-order valence-corrected chi connectivity index (χ0v) is 12.2. The summed E-state index contributed by atoms with van der Waals surface area (Å²) in [5.41, 5.74) is 4.22. The van der Waals surface area contributed by atoms with Crippen molar-refractivity contribution in [1.29, 1.82) is 0 Å². The highest BCUT2D eigenvalue weighted by Gasteiger charge is 2.14. The summed E-state index contributed by atoms with van der Waals surface area (Å²) in [5, 5.41) is 2.60. The van der Waals surface area contributed by atoms with Crippen LogP contribution in [-0.2, 0) is 0 Å². The molecular formula is C13H12BrFN4O. The quantitative estimate of drug-likeness (QED) is 0.593. The van der Waals surface area contributed by atoms with E-state index in [1.54, 1.807) is 13.0 Å². The van der Waals surface area contributed by atoms with Crippen molar-refractivity contribution in [3.63, 3.8) is 0 Å². The number of amides is 1. The molecule has 0 aliphatic rings. The Balaban J connectivity index is 2.30. The molecule has 2 rings (SSSR count). The Labute approximate surface area is 123 Å². The van der Waals surface area contributed by atoms with Gasteiger partial charge in [-0.2, -0.15) is 0 Å². The molecule has 5 nitrogen and oxygen atoms in total. The molecule has 1 aromatic carbocycles. The van der Waals surface area contributed by atoms with Crippen molar-refractivity contribution in [3.05, 3.63) is 52.0 Å². The van der Waals surface area contributed by atoms with Crippen LogP contribution in [0, 0.1) is 12.7 Å². The Morgan fingerprint density at radius 2 is 2.10 bits per heavy atom. The van der Waals surface area contributed by atoms with Crippen LogP contribution in [0.2, 0.25) is 0 Å². The summed E-state index contributed by atoms with van der Waals surface area (Å²) in [6, 6.07) is 5.68. The van der Waals surface area contributed by atoms with Crippen molar-refractivity contribution in [2.24, 2.45) is 5.84 Å². The van der Waals surface area contributed by atoms with Gasteiger partial charge in [-0.1, -0.05) is 0 Å². The highest BCUT2D eigenvalue weighted by atomic mass is 79.9. The van der Waals surface area contributed by atoms with Gasteiger partial charge in [-0.25, -0.2) is 4.39 Å². The molecule has 7 heteroatoms. The van der Waals surface area contributed by atoms with E-state index in [9.17, 15) is 9.18 Å². The Hall–Kier alpha value is -1.99. The van der Waals surface area contributed by atoms with Gasteiger partial charge >= 0.3 is 0 Å². The lowest BCUT2D eigenvalue weighted by Gasteiger charge is -2.11. The van der Waals surface area contributed by atoms with Crippen LogP contribution in [0.4, 0.5) is 15.8 Å². The van der Waals surface area contributed by atoms with Gasteiger partial charge in [0.1, 0.15) is 5.82 Å². The standard InChI is InChI=1S/C13H12BrFN4O/c1-7-4-11(19-16)9(6-17-7)13(20)18-12-5-8(15)2-3-10(12)14/h2-6H,16H2,1H3,(H,17,19)(H,18,20). The number of rotatable bonds is 3. The molecule has 1 amide bonds. The van der Waals surface area contributed by atoms with E-state index in [0.29, 0.717) is 15.8 Å². The zero-order chi connectivity index (χ0) is 14.7. The molecule has 0 saturated heterocycles. The third-order valence-electron chi connectivity index (χ3n) is 2.62. The van der Waals surface area contributed by atoms with Crippen LogP contribution in [0.1, 0.15) is 16.1 Å². The van der Waals surface area contributed by atoms with Crippen molar-refractivity contribution < 1.29 is 9.18 Å². The number of benzene rings is 1. The number of nitrogens with zero attached hydrogens (tertiary/aromatic N) is 1. The van der Waals surface area contributed by atoms with Crippen LogP contribution in [-0.4, -0.2) is 10.9 Å². The molecule has 0 bridgehead atoms. The fourth-order valence-corrected chi connectivity index (χ4v) is 1.99. The Bertz CT molecular complexity index is 663. The van der Waals surface area contributed by atoms with Crippen LogP contribution in [0.3, 0.4) is 0 Å². The maximum atomic E-state index is 13.2. The van der Waals surface area contributed by atoms with Crippen molar-refractivity contribution in [3.8, 4) is 0 Å². The van der Waals surface area contributed by atoms with E-state index in [1.165, 1.54) is 24.4 Å². The van der Waals surface area contributed by atoms with Gasteiger partial charge in [-0.15, -0.1) is 0 Å². The molecule has 1 heterocycles. The lowest BCUT2D eigenvalue weighted by Crippen LogP contribution is -2.18. The average Bonchev–Trinajstić information content (AvgIpc) is 2.42. The zero-order valence-electron chi connectivity index (χ0n) is 10.6. The van der Waals surface area contributed by atoms with Crippen LogP contribution in [0.25, 0.3) is 0 Å². The molecule has 1 aromatic heterocycles. The maximum Gasteiger partial charge on any atom is 0.259 e. The minimum atomic E-state index is -0.442. The van der Waals surface area contributed by atoms with Crippen LogP contribution in [0.5, 0.6) is 0 Å². The number of nitrogen functional groups attached to an aromatic ring is 1. The van der Waals surface area contributed by atoms with Gasteiger partial charge in [-0.3, -0.25) is 15.6 Å². The third-order valence-corrected chi connectivity index (χ3v) is 3.31. The van der Waals surface area contributed by atoms with Gasteiger partial charge in [0.2, 0.25) is 0 Å². The maximum absolute atomic E-state index is 13.2. The smallest absolute Gasteiger partial charge is 0.259 e. The van der Waals surface area contributed by atoms with E-state index in [0.717, 1.165) is 5.69 Å². The van der Waals surface area contributed by atoms with Crippen LogP contribution >= 0.6 is 15.9 Å². The normalized spacial score (nSPS) is 10.2. The highest BCUT2D eigenvalue weighted by molar-refractivity contribution is 9.10. The van der Waals surface area contributed by atoms with Gasteiger partial charge in [0, 0.05) is 16.4 Å². The van der Waals surface area contributed by atoms with E-state index in [2.05, 4.69) is 31.7 Å². The second-order valence-electron chi connectivity index (χ2n) is 4.09. The molecule has 0 atom stereocenters. The predicted octanol–water partition coefficient (Wildman–Crippen LogP) is 2.83. The predicted molar refractivity (Wildman–Crippen MR) is 78.8 cm³/mol. The molecule has 4 N–H and O–H groups in total. The number of pyridine rings is 1. The summed E-state index contributed by atoms with van der Waals surface area (Å²) in [6.45, 7) is 1.78. The number of aryl methyl sites for hydroxylation is 1. The molecule has 20 heavy (non-hydrogen) atoms. The number of carbonyl (C=O) groups is 1. The third kappa shape index (κ3) is 3.12. The lowest BCUT2D eigenvalue weighted by molar-refractivity contribution is 0.102. The van der Waals surface area contributed by atoms with Gasteiger partial charge in [0.15, 0.2) is 0 Å². The first-order chi connectivity index (χ1) is 9.51. The Morgan fingerprint density at radius 1 is 1.35 bits per heavy atom. The van der Waals surface area contributed by atoms with E-state index in [4.69, 9.17) is 5.84 Å². The molecule has 104 valence electrons. The van der Waals surface area contributed by atoms with Crippen molar-refractivity contribution >= 4 is 33.2 Å². The summed E-state index contributed by atoms with van der Waals surface area (Å²) in [7, 11) is 0. The second-order valence-corrected chi connectivity index (χ2v) is 4.95. The first kappa shape index (κ1) is 14.4. The van der Waals surface area contributed by atoms with Crippen LogP contribution in [0.15, 0.2) is 34.9 Å². The number of hydrogen-bond acceptors (Lipinski definition) is 4. The molecule has 0 aliphatic carbocycles. The second kappa shape index (κ2) is 5.98. The molecule has 0 aliphatic heterocycles. The summed E-state index contributed by atoms with van der Waals surface area (Å²) in [5.74, 6) is 4.50. The topological polar surface area (TPSA) is 80.0 Å². The Kier molecular flexibility index (Phi) is 4.31. The monoisotopic (exact) mass is 338 g/mol. The number of nitrogens with one attached hydrogen (secondary N) is 2. The number of anilines is 2. The Morgan fingerprint density at radius 3 is 2.80 bits per heavy atom. The number of aromatic nitrogens is 1. The van der Waals surface area contributed by atoms with E-state index in [-0.39, 0.29) is 5.56 Å². The fraction of sp³-hybridized carbons (Fsp3) is 0.0769. The number of hydrazine groups is 1. The molecule has 0 spiro atoms. The molecule has 0 radical (unpaired) electrons. The van der Waals surface area contributed by atoms with Gasteiger partial charge in [0.25, 0.3) is 5.91 Å². The molecule has 0 saturated carbocycles. The fourth-order valence-electron chi connectivity index (χ4n) is 1.64. The summed E-state index contributed by atoms with van der Waals surface area (Å²) in [6.07, 6.45) is 1.41. The first-order valence-electron chi connectivity index (χ1n) is 5.71. The minimum absolute atomic E-state index is 0.272.